The van der Waals surface area contributed by atoms with Crippen molar-refractivity contribution in [1.82, 2.24) is 10.2 Å². The van der Waals surface area contributed by atoms with Crippen molar-refractivity contribution in [2.24, 2.45) is 5.92 Å². The number of ether oxygens (including phenoxy) is 1. The van der Waals surface area contributed by atoms with Crippen LogP contribution in [0.4, 0.5) is 0 Å². The van der Waals surface area contributed by atoms with Crippen molar-refractivity contribution >= 4 is 0 Å². The topological polar surface area (TPSA) is 24.5 Å². The molecule has 100 valence electrons. The molecule has 0 spiro atoms. The van der Waals surface area contributed by atoms with Crippen LogP contribution in [0.1, 0.15) is 38.5 Å². The summed E-state index contributed by atoms with van der Waals surface area (Å²) in [5.74, 6) is 1.07. The predicted octanol–water partition coefficient (Wildman–Crippen LogP) is 1.88. The third kappa shape index (κ3) is 4.94. The summed E-state index contributed by atoms with van der Waals surface area (Å²) >= 11 is 0. The Morgan fingerprint density at radius 1 is 1.24 bits per heavy atom. The summed E-state index contributed by atoms with van der Waals surface area (Å²) in [5, 5.41) is 3.52. The first-order valence-electron chi connectivity index (χ1n) is 7.34. The Bertz CT molecular complexity index is 206. The first-order valence-corrected chi connectivity index (χ1v) is 7.34. The van der Waals surface area contributed by atoms with Crippen molar-refractivity contribution < 1.29 is 4.74 Å². The fraction of sp³-hybridized carbons (Fsp3) is 1.00. The monoisotopic (exact) mass is 240 g/mol. The maximum absolute atomic E-state index is 5.07. The fourth-order valence-electron chi connectivity index (χ4n) is 2.78. The van der Waals surface area contributed by atoms with E-state index < -0.39 is 0 Å². The minimum atomic E-state index is 0.777. The number of nitrogens with one attached hydrogen (secondary N) is 1. The first-order chi connectivity index (χ1) is 8.40. The summed E-state index contributed by atoms with van der Waals surface area (Å²) in [4.78, 5) is 2.72. The van der Waals surface area contributed by atoms with Gasteiger partial charge >= 0.3 is 0 Å². The smallest absolute Gasteiger partial charge is 0.0587 e. The summed E-state index contributed by atoms with van der Waals surface area (Å²) in [6, 6.07) is 0.777. The van der Waals surface area contributed by atoms with Gasteiger partial charge in [0.2, 0.25) is 0 Å². The molecule has 1 saturated carbocycles. The van der Waals surface area contributed by atoms with E-state index in [1.807, 2.05) is 0 Å². The molecule has 0 amide bonds. The molecule has 0 radical (unpaired) electrons. The molecule has 0 aromatic heterocycles. The van der Waals surface area contributed by atoms with Crippen LogP contribution in [-0.4, -0.2) is 50.8 Å². The van der Waals surface area contributed by atoms with Crippen LogP contribution >= 0.6 is 0 Å². The van der Waals surface area contributed by atoms with Crippen molar-refractivity contribution in [1.29, 1.82) is 0 Å². The second-order valence-electron chi connectivity index (χ2n) is 5.61. The molecular weight excluding hydrogens is 212 g/mol. The largest absolute Gasteiger partial charge is 0.383 e. The maximum atomic E-state index is 5.07. The standard InChI is InChI=1S/C14H28N2O/c1-17-11-8-15-12-14-4-2-3-9-16(14)10-7-13-5-6-13/h13-15H,2-12H2,1H3. The Kier molecular flexibility index (Phi) is 5.75. The number of likely N-dealkylation sites (tertiary alicyclic amines) is 1. The Morgan fingerprint density at radius 2 is 2.12 bits per heavy atom. The molecule has 2 fully saturated rings. The highest BCUT2D eigenvalue weighted by Crippen LogP contribution is 2.33. The molecule has 1 atom stereocenters. The normalized spacial score (nSPS) is 26.3. The third-order valence-corrected chi connectivity index (χ3v) is 4.13. The van der Waals surface area contributed by atoms with Gasteiger partial charge in [-0.25, -0.2) is 0 Å². The van der Waals surface area contributed by atoms with Gasteiger partial charge < -0.3 is 10.1 Å². The van der Waals surface area contributed by atoms with Crippen LogP contribution in [0, 0.1) is 5.92 Å². The van der Waals surface area contributed by atoms with Gasteiger partial charge in [-0.05, 0) is 38.3 Å². The van der Waals surface area contributed by atoms with Crippen LogP contribution in [0.25, 0.3) is 0 Å². The number of nitrogens with zero attached hydrogens (tertiary/aromatic N) is 1. The van der Waals surface area contributed by atoms with Crippen LogP contribution in [-0.2, 0) is 4.74 Å². The molecule has 1 heterocycles. The zero-order valence-corrected chi connectivity index (χ0v) is 11.3. The number of hydrogen-bond acceptors (Lipinski definition) is 3. The molecule has 1 N–H and O–H groups in total. The highest BCUT2D eigenvalue weighted by atomic mass is 16.5. The maximum Gasteiger partial charge on any atom is 0.0587 e. The highest BCUT2D eigenvalue weighted by Gasteiger charge is 2.26. The van der Waals surface area contributed by atoms with Crippen molar-refractivity contribution in [2.45, 2.75) is 44.6 Å². The van der Waals surface area contributed by atoms with E-state index >= 15 is 0 Å². The molecule has 2 aliphatic rings. The summed E-state index contributed by atoms with van der Waals surface area (Å²) < 4.78 is 5.07. The van der Waals surface area contributed by atoms with Gasteiger partial charge in [-0.15, -0.1) is 0 Å². The second-order valence-corrected chi connectivity index (χ2v) is 5.61. The number of methoxy groups -OCH3 is 1. The molecule has 1 aliphatic heterocycles. The SMILES string of the molecule is COCCNCC1CCCCN1CCC1CC1. The van der Waals surface area contributed by atoms with Gasteiger partial charge in [0.05, 0.1) is 6.61 Å². The molecular formula is C14H28N2O. The molecule has 1 saturated heterocycles. The Labute approximate surface area is 106 Å². The number of rotatable bonds is 8. The molecule has 1 unspecified atom stereocenters. The van der Waals surface area contributed by atoms with E-state index in [9.17, 15) is 0 Å². The van der Waals surface area contributed by atoms with Crippen LogP contribution < -0.4 is 5.32 Å². The van der Waals surface area contributed by atoms with Gasteiger partial charge in [0.15, 0.2) is 0 Å². The zero-order valence-electron chi connectivity index (χ0n) is 11.3. The lowest BCUT2D eigenvalue weighted by molar-refractivity contribution is 0.137. The van der Waals surface area contributed by atoms with Gasteiger partial charge in [-0.1, -0.05) is 19.3 Å². The van der Waals surface area contributed by atoms with Crippen LogP contribution in [0.15, 0.2) is 0 Å². The zero-order chi connectivity index (χ0) is 11.9. The lowest BCUT2D eigenvalue weighted by atomic mass is 10.0. The van der Waals surface area contributed by atoms with Gasteiger partial charge in [0.1, 0.15) is 0 Å². The molecule has 3 nitrogen and oxygen atoms in total. The van der Waals surface area contributed by atoms with E-state index in [0.717, 1.165) is 31.7 Å². The molecule has 1 aliphatic carbocycles. The average Bonchev–Trinajstić information content (AvgIpc) is 3.17. The van der Waals surface area contributed by atoms with E-state index in [4.69, 9.17) is 4.74 Å². The Hall–Kier alpha value is -0.120. The summed E-state index contributed by atoms with van der Waals surface area (Å²) in [6.07, 6.45) is 8.62. The minimum absolute atomic E-state index is 0.777. The van der Waals surface area contributed by atoms with Gasteiger partial charge in [-0.2, -0.15) is 0 Å². The van der Waals surface area contributed by atoms with Gasteiger partial charge in [0, 0.05) is 26.2 Å². The third-order valence-electron chi connectivity index (χ3n) is 4.13. The Balaban J connectivity index is 1.63. The van der Waals surface area contributed by atoms with Crippen LogP contribution in [0.2, 0.25) is 0 Å². The van der Waals surface area contributed by atoms with Crippen molar-refractivity contribution in [3.63, 3.8) is 0 Å². The minimum Gasteiger partial charge on any atom is -0.383 e. The first kappa shape index (κ1) is 13.3. The average molecular weight is 240 g/mol. The molecule has 0 bridgehead atoms. The quantitative estimate of drug-likeness (QED) is 0.656. The van der Waals surface area contributed by atoms with E-state index in [-0.39, 0.29) is 0 Å². The van der Waals surface area contributed by atoms with Gasteiger partial charge in [-0.3, -0.25) is 4.90 Å². The van der Waals surface area contributed by atoms with E-state index in [0.29, 0.717) is 0 Å². The van der Waals surface area contributed by atoms with E-state index in [1.165, 1.54) is 51.6 Å². The Morgan fingerprint density at radius 3 is 2.88 bits per heavy atom. The van der Waals surface area contributed by atoms with Crippen molar-refractivity contribution in [2.75, 3.05) is 39.9 Å². The molecule has 0 aromatic rings. The number of piperidine rings is 1. The number of hydrogen-bond donors (Lipinski definition) is 1. The second kappa shape index (κ2) is 7.34. The summed E-state index contributed by atoms with van der Waals surface area (Å²) in [6.45, 7) is 5.62. The molecule has 17 heavy (non-hydrogen) atoms. The lowest BCUT2D eigenvalue weighted by Crippen LogP contribution is -2.46. The predicted molar refractivity (Wildman–Crippen MR) is 71.3 cm³/mol. The van der Waals surface area contributed by atoms with Gasteiger partial charge in [0.25, 0.3) is 0 Å². The molecule has 0 aromatic carbocycles. The van der Waals surface area contributed by atoms with E-state index in [1.54, 1.807) is 7.11 Å². The van der Waals surface area contributed by atoms with Crippen LogP contribution in [0.3, 0.4) is 0 Å². The van der Waals surface area contributed by atoms with Crippen molar-refractivity contribution in [3.05, 3.63) is 0 Å². The summed E-state index contributed by atoms with van der Waals surface area (Å²) in [5.41, 5.74) is 0. The summed E-state index contributed by atoms with van der Waals surface area (Å²) in [7, 11) is 1.77. The van der Waals surface area contributed by atoms with Crippen molar-refractivity contribution in [3.8, 4) is 0 Å². The molecule has 3 heteroatoms. The van der Waals surface area contributed by atoms with E-state index in [2.05, 4.69) is 10.2 Å². The molecule has 2 rings (SSSR count). The lowest BCUT2D eigenvalue weighted by Gasteiger charge is -2.36. The van der Waals surface area contributed by atoms with Crippen LogP contribution in [0.5, 0.6) is 0 Å². The fourth-order valence-corrected chi connectivity index (χ4v) is 2.78. The highest BCUT2D eigenvalue weighted by molar-refractivity contribution is 4.81.